The molecule has 2 heterocycles. The zero-order valence-electron chi connectivity index (χ0n) is 15.2. The summed E-state index contributed by atoms with van der Waals surface area (Å²) >= 11 is 0. The van der Waals surface area contributed by atoms with Crippen LogP contribution in [0, 0.1) is 5.92 Å². The summed E-state index contributed by atoms with van der Waals surface area (Å²) in [6.45, 7) is 1.51. The van der Waals surface area contributed by atoms with Crippen LogP contribution in [0.15, 0.2) is 42.7 Å². The number of rotatable bonds is 7. The third-order valence-corrected chi connectivity index (χ3v) is 4.72. The van der Waals surface area contributed by atoms with Gasteiger partial charge in [0.15, 0.2) is 5.78 Å². The normalized spacial score (nSPS) is 14.1. The predicted octanol–water partition coefficient (Wildman–Crippen LogP) is 3.76. The van der Waals surface area contributed by atoms with Gasteiger partial charge in [-0.15, -0.1) is 0 Å². The number of benzene rings is 1. The molecule has 0 saturated heterocycles. The Kier molecular flexibility index (Phi) is 4.47. The Hall–Kier alpha value is -2.66. The van der Waals surface area contributed by atoms with Crippen molar-refractivity contribution < 1.29 is 9.53 Å². The van der Waals surface area contributed by atoms with E-state index in [9.17, 15) is 4.79 Å². The van der Waals surface area contributed by atoms with E-state index in [0.29, 0.717) is 6.61 Å². The van der Waals surface area contributed by atoms with Gasteiger partial charge >= 0.3 is 0 Å². The highest BCUT2D eigenvalue weighted by Gasteiger charge is 2.31. The number of nitrogens with zero attached hydrogens (tertiary/aromatic N) is 2. The summed E-state index contributed by atoms with van der Waals surface area (Å²) in [5, 5.41) is 0.901. The molecule has 1 saturated carbocycles. The fraction of sp³-hybridized carbons (Fsp3) is 0.333. The third kappa shape index (κ3) is 3.48. The molecule has 1 N–H and O–H groups in total. The maximum atomic E-state index is 12.5. The van der Waals surface area contributed by atoms with Gasteiger partial charge < -0.3 is 14.6 Å². The number of carbonyl (C=O) groups excluding carboxylic acids is 1. The van der Waals surface area contributed by atoms with Gasteiger partial charge in [0.2, 0.25) is 0 Å². The molecule has 0 bridgehead atoms. The molecule has 0 spiro atoms. The molecular formula is C21H23N3O2. The fourth-order valence-electron chi connectivity index (χ4n) is 3.04. The first-order valence-corrected chi connectivity index (χ1v) is 9.01. The van der Waals surface area contributed by atoms with Crippen LogP contribution in [0.3, 0.4) is 0 Å². The Balaban J connectivity index is 1.62. The minimum atomic E-state index is 0.200. The van der Waals surface area contributed by atoms with Crippen LogP contribution >= 0.6 is 0 Å². The number of likely N-dealkylation sites (N-methyl/N-ethyl adjacent to an activating group) is 1. The Bertz CT molecular complexity index is 941. The van der Waals surface area contributed by atoms with Crippen molar-refractivity contribution in [3.63, 3.8) is 0 Å². The topological polar surface area (TPSA) is 58.2 Å². The SMILES string of the molecule is CN(C)CCOc1cccc(-c2cnc3[nH]cc(C(=O)C4CC4)c3c2)c1. The molecule has 134 valence electrons. The molecule has 1 aliphatic carbocycles. The fourth-order valence-corrected chi connectivity index (χ4v) is 3.04. The van der Waals surface area contributed by atoms with E-state index in [-0.39, 0.29) is 11.7 Å². The van der Waals surface area contributed by atoms with Crippen LogP contribution in [-0.4, -0.2) is 47.9 Å². The summed E-state index contributed by atoms with van der Waals surface area (Å²) < 4.78 is 5.83. The lowest BCUT2D eigenvalue weighted by Gasteiger charge is -2.12. The molecule has 0 atom stereocenters. The minimum absolute atomic E-state index is 0.200. The lowest BCUT2D eigenvalue weighted by atomic mass is 10.0. The Morgan fingerprint density at radius 3 is 2.88 bits per heavy atom. The van der Waals surface area contributed by atoms with Crippen molar-refractivity contribution >= 4 is 16.8 Å². The molecule has 1 aromatic carbocycles. The first-order valence-electron chi connectivity index (χ1n) is 9.01. The van der Waals surface area contributed by atoms with Crippen molar-refractivity contribution in [1.82, 2.24) is 14.9 Å². The van der Waals surface area contributed by atoms with Gasteiger partial charge in [0.1, 0.15) is 18.0 Å². The van der Waals surface area contributed by atoms with Crippen molar-refractivity contribution in [1.29, 1.82) is 0 Å². The number of aromatic nitrogens is 2. The van der Waals surface area contributed by atoms with Crippen LogP contribution in [0.2, 0.25) is 0 Å². The van der Waals surface area contributed by atoms with E-state index in [4.69, 9.17) is 4.74 Å². The molecule has 0 aliphatic heterocycles. The average molecular weight is 349 g/mol. The van der Waals surface area contributed by atoms with E-state index in [1.54, 1.807) is 6.20 Å². The second kappa shape index (κ2) is 6.92. The van der Waals surface area contributed by atoms with Crippen molar-refractivity contribution in [2.75, 3.05) is 27.2 Å². The quantitative estimate of drug-likeness (QED) is 0.660. The Morgan fingerprint density at radius 2 is 2.12 bits per heavy atom. The predicted molar refractivity (Wildman–Crippen MR) is 103 cm³/mol. The van der Waals surface area contributed by atoms with E-state index in [2.05, 4.69) is 14.9 Å². The molecule has 5 nitrogen and oxygen atoms in total. The lowest BCUT2D eigenvalue weighted by molar-refractivity contribution is 0.0969. The number of H-pyrrole nitrogens is 1. The van der Waals surface area contributed by atoms with E-state index < -0.39 is 0 Å². The van der Waals surface area contributed by atoms with Crippen LogP contribution in [0.25, 0.3) is 22.2 Å². The van der Waals surface area contributed by atoms with Gasteiger partial charge in [-0.05, 0) is 50.7 Å². The second-order valence-electron chi connectivity index (χ2n) is 7.14. The highest BCUT2D eigenvalue weighted by Crippen LogP contribution is 2.35. The molecular weight excluding hydrogens is 326 g/mol. The molecule has 0 unspecified atom stereocenters. The number of hydrogen-bond donors (Lipinski definition) is 1. The maximum Gasteiger partial charge on any atom is 0.168 e. The van der Waals surface area contributed by atoms with E-state index in [1.165, 1.54) is 0 Å². The van der Waals surface area contributed by atoms with Crippen molar-refractivity contribution in [2.45, 2.75) is 12.8 Å². The maximum absolute atomic E-state index is 12.5. The molecule has 5 heteroatoms. The number of carbonyl (C=O) groups is 1. The first-order chi connectivity index (χ1) is 12.6. The van der Waals surface area contributed by atoms with Gasteiger partial charge in [-0.3, -0.25) is 4.79 Å². The number of hydrogen-bond acceptors (Lipinski definition) is 4. The van der Waals surface area contributed by atoms with Crippen molar-refractivity contribution in [3.05, 3.63) is 48.3 Å². The van der Waals surface area contributed by atoms with Gasteiger partial charge in [0, 0.05) is 41.4 Å². The molecule has 26 heavy (non-hydrogen) atoms. The van der Waals surface area contributed by atoms with Crippen molar-refractivity contribution in [3.8, 4) is 16.9 Å². The van der Waals surface area contributed by atoms with E-state index >= 15 is 0 Å². The number of nitrogens with one attached hydrogen (secondary N) is 1. The summed E-state index contributed by atoms with van der Waals surface area (Å²) in [6, 6.07) is 10.1. The second-order valence-corrected chi connectivity index (χ2v) is 7.14. The van der Waals surface area contributed by atoms with Crippen LogP contribution < -0.4 is 4.74 Å². The van der Waals surface area contributed by atoms with Crippen LogP contribution in [0.5, 0.6) is 5.75 Å². The third-order valence-electron chi connectivity index (χ3n) is 4.72. The Labute approximate surface area is 153 Å². The van der Waals surface area contributed by atoms with Crippen molar-refractivity contribution in [2.24, 2.45) is 5.92 Å². The van der Waals surface area contributed by atoms with Gasteiger partial charge in [-0.1, -0.05) is 12.1 Å². The summed E-state index contributed by atoms with van der Waals surface area (Å²) in [4.78, 5) is 22.2. The Morgan fingerprint density at radius 1 is 1.27 bits per heavy atom. The highest BCUT2D eigenvalue weighted by atomic mass is 16.5. The average Bonchev–Trinajstić information content (AvgIpc) is 3.40. The summed E-state index contributed by atoms with van der Waals surface area (Å²) in [5.41, 5.74) is 3.54. The summed E-state index contributed by atoms with van der Waals surface area (Å²) in [6.07, 6.45) is 5.64. The number of pyridine rings is 1. The molecule has 3 aromatic rings. The largest absolute Gasteiger partial charge is 0.492 e. The number of Topliss-reactive ketones (excluding diaryl/α,β-unsaturated/α-hetero) is 1. The number of aromatic amines is 1. The van der Waals surface area contributed by atoms with Crippen LogP contribution in [0.4, 0.5) is 0 Å². The molecule has 4 rings (SSSR count). The van der Waals surface area contributed by atoms with Crippen LogP contribution in [-0.2, 0) is 0 Å². The monoisotopic (exact) mass is 349 g/mol. The number of ketones is 1. The van der Waals surface area contributed by atoms with Crippen LogP contribution in [0.1, 0.15) is 23.2 Å². The van der Waals surface area contributed by atoms with Gasteiger partial charge in [0.25, 0.3) is 0 Å². The zero-order chi connectivity index (χ0) is 18.1. The molecule has 1 fully saturated rings. The van der Waals surface area contributed by atoms with Gasteiger partial charge in [-0.25, -0.2) is 4.98 Å². The van der Waals surface area contributed by atoms with Gasteiger partial charge in [-0.2, -0.15) is 0 Å². The number of ether oxygens (including phenoxy) is 1. The summed E-state index contributed by atoms with van der Waals surface area (Å²) in [5.74, 6) is 1.27. The molecule has 2 aromatic heterocycles. The molecule has 0 amide bonds. The van der Waals surface area contributed by atoms with E-state index in [1.807, 2.05) is 50.6 Å². The summed E-state index contributed by atoms with van der Waals surface area (Å²) in [7, 11) is 4.05. The molecule has 1 aliphatic rings. The van der Waals surface area contributed by atoms with Gasteiger partial charge in [0.05, 0.1) is 0 Å². The zero-order valence-corrected chi connectivity index (χ0v) is 15.2. The minimum Gasteiger partial charge on any atom is -0.492 e. The standard InChI is InChI=1S/C21H23N3O2/c1-24(2)8-9-26-17-5-3-4-15(10-17)16-11-18-19(20(25)14-6-7-14)13-23-21(18)22-12-16/h3-5,10-14H,6-9H2,1-2H3,(H,22,23). The molecule has 0 radical (unpaired) electrons. The number of fused-ring (bicyclic) bond motifs is 1. The smallest absolute Gasteiger partial charge is 0.168 e. The van der Waals surface area contributed by atoms with E-state index in [0.717, 1.165) is 52.9 Å². The highest BCUT2D eigenvalue weighted by molar-refractivity contribution is 6.09. The lowest BCUT2D eigenvalue weighted by Crippen LogP contribution is -2.19. The first kappa shape index (κ1) is 16.8.